The van der Waals surface area contributed by atoms with Gasteiger partial charge in [-0.2, -0.15) is 0 Å². The number of nitrogens with one attached hydrogen (secondary N) is 1. The molecule has 0 bridgehead atoms. The van der Waals surface area contributed by atoms with Crippen LogP contribution in [0.5, 0.6) is 0 Å². The van der Waals surface area contributed by atoms with E-state index in [-0.39, 0.29) is 5.56 Å². The van der Waals surface area contributed by atoms with Crippen LogP contribution in [0.25, 0.3) is 0 Å². The van der Waals surface area contributed by atoms with Gasteiger partial charge in [0.25, 0.3) is 5.56 Å². The van der Waals surface area contributed by atoms with Crippen LogP contribution in [-0.4, -0.2) is 11.1 Å². The number of anilines is 1. The first-order valence-corrected chi connectivity index (χ1v) is 6.11. The minimum absolute atomic E-state index is 0.0645. The molecule has 3 nitrogen and oxygen atoms in total. The average Bonchev–Trinajstić information content (AvgIpc) is 2.28. The van der Waals surface area contributed by atoms with Crippen LogP contribution in [0.3, 0.4) is 0 Å². The summed E-state index contributed by atoms with van der Waals surface area (Å²) in [6.07, 6.45) is 4.35. The largest absolute Gasteiger partial charge is 0.384 e. The summed E-state index contributed by atoms with van der Waals surface area (Å²) in [7, 11) is 0. The zero-order valence-corrected chi connectivity index (χ0v) is 10.5. The molecule has 90 valence electrons. The Balaban J connectivity index is 2.57. The average molecular weight is 222 g/mol. The Bertz CT molecular complexity index is 370. The molecule has 1 aromatic rings. The summed E-state index contributed by atoms with van der Waals surface area (Å²) in [5, 5.41) is 3.37. The molecule has 0 aliphatic heterocycles. The summed E-state index contributed by atoms with van der Waals surface area (Å²) in [4.78, 5) is 11.4. The molecule has 1 atom stereocenters. The highest BCUT2D eigenvalue weighted by atomic mass is 16.1. The quantitative estimate of drug-likeness (QED) is 0.803. The Morgan fingerprint density at radius 2 is 2.12 bits per heavy atom. The van der Waals surface area contributed by atoms with Crippen molar-refractivity contribution in [2.75, 3.05) is 11.9 Å². The van der Waals surface area contributed by atoms with Gasteiger partial charge in [-0.1, -0.05) is 20.3 Å². The first-order chi connectivity index (χ1) is 7.67. The Morgan fingerprint density at radius 3 is 2.75 bits per heavy atom. The summed E-state index contributed by atoms with van der Waals surface area (Å²) >= 11 is 0. The van der Waals surface area contributed by atoms with Crippen LogP contribution in [0.4, 0.5) is 5.69 Å². The number of aromatic nitrogens is 1. The molecule has 1 heterocycles. The van der Waals surface area contributed by atoms with Crippen LogP contribution in [-0.2, 0) is 6.54 Å². The molecule has 3 heteroatoms. The molecule has 1 rings (SSSR count). The van der Waals surface area contributed by atoms with Crippen LogP contribution < -0.4 is 10.9 Å². The minimum Gasteiger partial charge on any atom is -0.384 e. The molecule has 0 aromatic carbocycles. The van der Waals surface area contributed by atoms with E-state index in [4.69, 9.17) is 0 Å². The van der Waals surface area contributed by atoms with E-state index in [1.165, 1.54) is 12.8 Å². The van der Waals surface area contributed by atoms with Crippen molar-refractivity contribution in [3.63, 3.8) is 0 Å². The summed E-state index contributed by atoms with van der Waals surface area (Å²) in [6, 6.07) is 3.48. The molecule has 16 heavy (non-hydrogen) atoms. The van der Waals surface area contributed by atoms with Crippen molar-refractivity contribution in [1.29, 1.82) is 0 Å². The summed E-state index contributed by atoms with van der Waals surface area (Å²) < 4.78 is 1.72. The summed E-state index contributed by atoms with van der Waals surface area (Å²) in [5.74, 6) is 0.673. The first kappa shape index (κ1) is 12.8. The molecular formula is C13H22N2O. The molecule has 0 amide bonds. The zero-order chi connectivity index (χ0) is 12.0. The maximum atomic E-state index is 11.4. The van der Waals surface area contributed by atoms with Crippen molar-refractivity contribution in [3.8, 4) is 0 Å². The van der Waals surface area contributed by atoms with Crippen molar-refractivity contribution in [3.05, 3.63) is 28.7 Å². The molecule has 1 unspecified atom stereocenters. The Labute approximate surface area is 97.5 Å². The fourth-order valence-electron chi connectivity index (χ4n) is 1.77. The standard InChI is InChI=1S/C13H22N2O/c1-4-6-11(3)9-14-12-7-8-13(16)15(5-2)10-12/h7-8,10-11,14H,4-6,9H2,1-3H3. The number of hydrogen-bond acceptors (Lipinski definition) is 2. The third kappa shape index (κ3) is 3.72. The van der Waals surface area contributed by atoms with Crippen molar-refractivity contribution in [2.45, 2.75) is 40.2 Å². The lowest BCUT2D eigenvalue weighted by Crippen LogP contribution is -2.19. The van der Waals surface area contributed by atoms with Crippen LogP contribution in [0, 0.1) is 5.92 Å². The molecular weight excluding hydrogens is 200 g/mol. The summed E-state index contributed by atoms with van der Waals surface area (Å²) in [5.41, 5.74) is 1.10. The van der Waals surface area contributed by atoms with E-state index >= 15 is 0 Å². The van der Waals surface area contributed by atoms with Gasteiger partial charge in [0.15, 0.2) is 0 Å². The predicted octanol–water partition coefficient (Wildman–Crippen LogP) is 2.72. The van der Waals surface area contributed by atoms with E-state index in [1.54, 1.807) is 10.6 Å². The molecule has 0 saturated carbocycles. The van der Waals surface area contributed by atoms with Gasteiger partial charge in [0.2, 0.25) is 0 Å². The topological polar surface area (TPSA) is 34.0 Å². The van der Waals surface area contributed by atoms with Crippen molar-refractivity contribution in [1.82, 2.24) is 4.57 Å². The predicted molar refractivity (Wildman–Crippen MR) is 68.9 cm³/mol. The maximum Gasteiger partial charge on any atom is 0.250 e. The number of nitrogens with zero attached hydrogens (tertiary/aromatic N) is 1. The van der Waals surface area contributed by atoms with E-state index in [0.29, 0.717) is 5.92 Å². The lowest BCUT2D eigenvalue weighted by molar-refractivity contribution is 0.550. The molecule has 0 saturated heterocycles. The SMILES string of the molecule is CCCC(C)CNc1ccc(=O)n(CC)c1. The van der Waals surface area contributed by atoms with Gasteiger partial charge >= 0.3 is 0 Å². The Hall–Kier alpha value is -1.25. The molecule has 0 aliphatic carbocycles. The fourth-order valence-corrected chi connectivity index (χ4v) is 1.77. The second-order valence-electron chi connectivity index (χ2n) is 4.32. The molecule has 1 aromatic heterocycles. The van der Waals surface area contributed by atoms with E-state index < -0.39 is 0 Å². The number of aryl methyl sites for hydroxylation is 1. The van der Waals surface area contributed by atoms with Gasteiger partial charge in [-0.3, -0.25) is 4.79 Å². The van der Waals surface area contributed by atoms with Gasteiger partial charge in [-0.15, -0.1) is 0 Å². The van der Waals surface area contributed by atoms with Gasteiger partial charge in [0.1, 0.15) is 0 Å². The highest BCUT2D eigenvalue weighted by molar-refractivity contribution is 5.40. The van der Waals surface area contributed by atoms with E-state index in [0.717, 1.165) is 18.8 Å². The number of hydrogen-bond donors (Lipinski definition) is 1. The van der Waals surface area contributed by atoms with Gasteiger partial charge in [-0.25, -0.2) is 0 Å². The van der Waals surface area contributed by atoms with Crippen molar-refractivity contribution >= 4 is 5.69 Å². The third-order valence-electron chi connectivity index (χ3n) is 2.76. The lowest BCUT2D eigenvalue weighted by atomic mass is 10.1. The smallest absolute Gasteiger partial charge is 0.250 e. The molecule has 0 radical (unpaired) electrons. The fraction of sp³-hybridized carbons (Fsp3) is 0.615. The van der Waals surface area contributed by atoms with Gasteiger partial charge in [0, 0.05) is 25.4 Å². The van der Waals surface area contributed by atoms with Gasteiger partial charge in [-0.05, 0) is 25.3 Å². The van der Waals surface area contributed by atoms with E-state index in [2.05, 4.69) is 19.2 Å². The van der Waals surface area contributed by atoms with Crippen LogP contribution >= 0.6 is 0 Å². The second-order valence-corrected chi connectivity index (χ2v) is 4.32. The highest BCUT2D eigenvalue weighted by Crippen LogP contribution is 2.08. The molecule has 0 spiro atoms. The monoisotopic (exact) mass is 222 g/mol. The third-order valence-corrected chi connectivity index (χ3v) is 2.76. The van der Waals surface area contributed by atoms with Crippen molar-refractivity contribution < 1.29 is 0 Å². The van der Waals surface area contributed by atoms with Gasteiger partial charge < -0.3 is 9.88 Å². The number of pyridine rings is 1. The first-order valence-electron chi connectivity index (χ1n) is 6.11. The number of rotatable bonds is 6. The molecule has 0 aliphatic rings. The Morgan fingerprint density at radius 1 is 1.38 bits per heavy atom. The minimum atomic E-state index is 0.0645. The Kier molecular flexibility index (Phi) is 5.09. The molecule has 1 N–H and O–H groups in total. The van der Waals surface area contributed by atoms with Crippen LogP contribution in [0.1, 0.15) is 33.6 Å². The molecule has 0 fully saturated rings. The normalized spacial score (nSPS) is 12.4. The second kappa shape index (κ2) is 6.36. The lowest BCUT2D eigenvalue weighted by Gasteiger charge is -2.13. The van der Waals surface area contributed by atoms with Crippen LogP contribution in [0.15, 0.2) is 23.1 Å². The van der Waals surface area contributed by atoms with Gasteiger partial charge in [0.05, 0.1) is 5.69 Å². The zero-order valence-electron chi connectivity index (χ0n) is 10.5. The highest BCUT2D eigenvalue weighted by Gasteiger charge is 2.01. The van der Waals surface area contributed by atoms with Crippen LogP contribution in [0.2, 0.25) is 0 Å². The van der Waals surface area contributed by atoms with Crippen molar-refractivity contribution in [2.24, 2.45) is 5.92 Å². The van der Waals surface area contributed by atoms with E-state index in [9.17, 15) is 4.79 Å². The van der Waals surface area contributed by atoms with E-state index in [1.807, 2.05) is 19.2 Å². The maximum absolute atomic E-state index is 11.4. The summed E-state index contributed by atoms with van der Waals surface area (Å²) in [6.45, 7) is 8.11.